The van der Waals surface area contributed by atoms with Crippen LogP contribution in [0.5, 0.6) is 5.75 Å². The van der Waals surface area contributed by atoms with E-state index in [0.717, 1.165) is 4.57 Å². The van der Waals surface area contributed by atoms with Crippen molar-refractivity contribution in [2.45, 2.75) is 39.1 Å². The normalized spacial score (nSPS) is 12.1. The van der Waals surface area contributed by atoms with Crippen LogP contribution < -0.4 is 4.74 Å². The second-order valence-electron chi connectivity index (χ2n) is 7.01. The van der Waals surface area contributed by atoms with Crippen molar-refractivity contribution >= 4 is 23.2 Å². The second-order valence-corrected chi connectivity index (χ2v) is 7.01. The van der Waals surface area contributed by atoms with Crippen LogP contribution in [-0.2, 0) is 11.2 Å². The first-order valence-electron chi connectivity index (χ1n) is 8.28. The van der Waals surface area contributed by atoms with Crippen molar-refractivity contribution in [1.29, 1.82) is 0 Å². The summed E-state index contributed by atoms with van der Waals surface area (Å²) in [6.07, 6.45) is -7.49. The van der Waals surface area contributed by atoms with E-state index in [2.05, 4.69) is 0 Å². The molecule has 0 unspecified atom stereocenters. The van der Waals surface area contributed by atoms with Crippen LogP contribution in [0.15, 0.2) is 24.4 Å². The number of nitrogens with zero attached hydrogens (tertiary/aromatic N) is 2. The lowest BCUT2D eigenvalue weighted by atomic mass is 10.1. The number of methoxy groups -OCH3 is 1. The first kappa shape index (κ1) is 21.5. The first-order chi connectivity index (χ1) is 12.8. The molecule has 28 heavy (non-hydrogen) atoms. The van der Waals surface area contributed by atoms with E-state index in [-0.39, 0.29) is 6.42 Å². The summed E-state index contributed by atoms with van der Waals surface area (Å²) < 4.78 is 62.7. The molecule has 1 aromatic carbocycles. The van der Waals surface area contributed by atoms with Crippen LogP contribution in [0, 0.1) is 0 Å². The van der Waals surface area contributed by atoms with Crippen LogP contribution in [0.25, 0.3) is 10.9 Å². The van der Waals surface area contributed by atoms with Crippen molar-refractivity contribution in [1.82, 2.24) is 9.47 Å². The van der Waals surface area contributed by atoms with E-state index in [1.165, 1.54) is 13.3 Å². The van der Waals surface area contributed by atoms with Crippen molar-refractivity contribution in [3.8, 4) is 5.75 Å². The molecule has 0 saturated heterocycles. The predicted molar refractivity (Wildman–Crippen MR) is 93.1 cm³/mol. The van der Waals surface area contributed by atoms with Gasteiger partial charge in [0.2, 0.25) is 0 Å². The molecule has 6 nitrogen and oxygen atoms in total. The Morgan fingerprint density at radius 3 is 2.32 bits per heavy atom. The largest absolute Gasteiger partial charge is 0.497 e. The van der Waals surface area contributed by atoms with Gasteiger partial charge in [-0.1, -0.05) is 0 Å². The van der Waals surface area contributed by atoms with Gasteiger partial charge in [-0.25, -0.2) is 14.5 Å². The molecule has 0 spiro atoms. The molecule has 0 atom stereocenters. The first-order valence-corrected chi connectivity index (χ1v) is 8.28. The van der Waals surface area contributed by atoms with Gasteiger partial charge in [0.1, 0.15) is 11.4 Å². The highest BCUT2D eigenvalue weighted by molar-refractivity contribution is 5.93. The minimum Gasteiger partial charge on any atom is -0.497 e. The van der Waals surface area contributed by atoms with E-state index in [0.29, 0.717) is 22.2 Å². The van der Waals surface area contributed by atoms with Crippen molar-refractivity contribution in [2.24, 2.45) is 0 Å². The van der Waals surface area contributed by atoms with Gasteiger partial charge >= 0.3 is 18.6 Å². The quantitative estimate of drug-likeness (QED) is 0.414. The average Bonchev–Trinajstić information content (AvgIpc) is 2.90. The van der Waals surface area contributed by atoms with Crippen LogP contribution in [0.1, 0.15) is 26.3 Å². The summed E-state index contributed by atoms with van der Waals surface area (Å²) in [5.74, 6) is 0.421. The zero-order valence-electron chi connectivity index (χ0n) is 15.8. The number of amides is 1. The van der Waals surface area contributed by atoms with Crippen LogP contribution >= 0.6 is 0 Å². The smallest absolute Gasteiger partial charge is 0.489 e. The lowest BCUT2D eigenvalue weighted by molar-refractivity contribution is -0.225. The maximum Gasteiger partial charge on any atom is 0.489 e. The molecular formula is C18H20F4N2O4. The third-order valence-corrected chi connectivity index (χ3v) is 3.81. The fraction of sp³-hybridized carbons (Fsp3) is 0.444. The molecule has 0 radical (unpaired) electrons. The second kappa shape index (κ2) is 7.69. The summed E-state index contributed by atoms with van der Waals surface area (Å²) in [6, 6.07) is 4.68. The van der Waals surface area contributed by atoms with Crippen LogP contribution in [0.2, 0.25) is 0 Å². The maximum absolute atomic E-state index is 12.8. The summed E-state index contributed by atoms with van der Waals surface area (Å²) in [4.78, 5) is 22.3. The Morgan fingerprint density at radius 2 is 1.82 bits per heavy atom. The molecule has 1 heterocycles. The number of fused-ring (bicyclic) bond motifs is 1. The highest BCUT2D eigenvalue weighted by atomic mass is 19.4. The summed E-state index contributed by atoms with van der Waals surface area (Å²) in [7, 11) is 1.42. The van der Waals surface area contributed by atoms with Gasteiger partial charge in [0.05, 0.1) is 12.6 Å². The van der Waals surface area contributed by atoms with E-state index < -0.39 is 35.6 Å². The molecule has 0 saturated carbocycles. The van der Waals surface area contributed by atoms with Gasteiger partial charge in [0.15, 0.2) is 0 Å². The van der Waals surface area contributed by atoms with Gasteiger partial charge in [-0.3, -0.25) is 4.57 Å². The number of hydrogen-bond acceptors (Lipinski definition) is 4. The van der Waals surface area contributed by atoms with Crippen molar-refractivity contribution < 1.29 is 36.6 Å². The Kier molecular flexibility index (Phi) is 5.91. The van der Waals surface area contributed by atoms with Gasteiger partial charge in [-0.2, -0.15) is 0 Å². The van der Waals surface area contributed by atoms with Gasteiger partial charge < -0.3 is 9.47 Å². The average molecular weight is 404 g/mol. The summed E-state index contributed by atoms with van der Waals surface area (Å²) in [6.45, 7) is 4.08. The van der Waals surface area contributed by atoms with E-state index in [1.807, 2.05) is 0 Å². The molecule has 2 rings (SSSR count). The zero-order chi connectivity index (χ0) is 21.3. The van der Waals surface area contributed by atoms with Gasteiger partial charge in [0.25, 0.3) is 0 Å². The molecule has 0 bridgehead atoms. The Morgan fingerprint density at radius 1 is 1.18 bits per heavy atom. The van der Waals surface area contributed by atoms with Crippen LogP contribution in [0.4, 0.5) is 27.2 Å². The van der Waals surface area contributed by atoms with Crippen molar-refractivity contribution in [2.75, 3.05) is 13.7 Å². The zero-order valence-corrected chi connectivity index (χ0v) is 15.8. The molecule has 0 N–H and O–H groups in total. The van der Waals surface area contributed by atoms with Gasteiger partial charge in [-0.05, 0) is 51.0 Å². The Balaban J connectivity index is 2.44. The van der Waals surface area contributed by atoms with Crippen molar-refractivity contribution in [3.63, 3.8) is 0 Å². The number of halogens is 4. The Labute approximate surface area is 158 Å². The highest BCUT2D eigenvalue weighted by Gasteiger charge is 2.41. The highest BCUT2D eigenvalue weighted by Crippen LogP contribution is 2.29. The monoisotopic (exact) mass is 404 g/mol. The molecule has 154 valence electrons. The van der Waals surface area contributed by atoms with E-state index >= 15 is 0 Å². The molecule has 1 amide bonds. The molecular weight excluding hydrogens is 384 g/mol. The fourth-order valence-electron chi connectivity index (χ4n) is 2.61. The molecule has 0 aliphatic heterocycles. The molecule has 0 aliphatic rings. The maximum atomic E-state index is 12.8. The number of rotatable bonds is 4. The summed E-state index contributed by atoms with van der Waals surface area (Å²) in [5, 5.41) is 0.429. The van der Waals surface area contributed by atoms with Crippen LogP contribution in [0.3, 0.4) is 0 Å². The van der Waals surface area contributed by atoms with Crippen LogP contribution in [-0.4, -0.2) is 47.3 Å². The standard InChI is InChI=1S/C18H20F4N2O4/c1-17(2,3)28-16(26)23-10-11(7-8-24(15(19)25)18(20,21)22)13-9-12(27-4)5-6-14(13)23/h5-6,9-10H,7-8H2,1-4H3. The SMILES string of the molecule is COc1ccc2c(c1)c(CCN(C(=O)F)C(F)(F)F)cn2C(=O)OC(C)(C)C. The molecule has 2 aromatic rings. The summed E-state index contributed by atoms with van der Waals surface area (Å²) in [5.41, 5.74) is -0.0981. The number of carbonyl (C=O) groups is 2. The lowest BCUT2D eigenvalue weighted by Gasteiger charge is -2.21. The number of hydrogen-bond donors (Lipinski definition) is 0. The lowest BCUT2D eigenvalue weighted by Crippen LogP contribution is -2.41. The third-order valence-electron chi connectivity index (χ3n) is 3.81. The molecule has 0 aliphatic carbocycles. The summed E-state index contributed by atoms with van der Waals surface area (Å²) >= 11 is 0. The van der Waals surface area contributed by atoms with Gasteiger partial charge in [0, 0.05) is 18.1 Å². The Bertz CT molecular complexity index is 884. The fourth-order valence-corrected chi connectivity index (χ4v) is 2.61. The van der Waals surface area contributed by atoms with E-state index in [9.17, 15) is 27.2 Å². The number of ether oxygens (including phenoxy) is 2. The molecule has 0 fully saturated rings. The molecule has 10 heteroatoms. The minimum atomic E-state index is -5.15. The number of aromatic nitrogens is 1. The number of alkyl halides is 3. The topological polar surface area (TPSA) is 60.8 Å². The molecule has 1 aromatic heterocycles. The Hall–Kier alpha value is -2.78. The number of benzene rings is 1. The minimum absolute atomic E-state index is 0.301. The van der Waals surface area contributed by atoms with E-state index in [1.54, 1.807) is 39.0 Å². The van der Waals surface area contributed by atoms with E-state index in [4.69, 9.17) is 9.47 Å². The van der Waals surface area contributed by atoms with Gasteiger partial charge in [-0.15, -0.1) is 17.6 Å². The van der Waals surface area contributed by atoms with Crippen molar-refractivity contribution in [3.05, 3.63) is 30.0 Å². The number of carbonyl (C=O) groups excluding carboxylic acids is 2. The third kappa shape index (κ3) is 4.93. The predicted octanol–water partition coefficient (Wildman–Crippen LogP) is 4.89.